The van der Waals surface area contributed by atoms with E-state index < -0.39 is 0 Å². The number of carbonyl (C=O) groups excluding carboxylic acids is 1. The lowest BCUT2D eigenvalue weighted by molar-refractivity contribution is -0.124. The van der Waals surface area contributed by atoms with Gasteiger partial charge in [-0.1, -0.05) is 37.1 Å². The van der Waals surface area contributed by atoms with Gasteiger partial charge < -0.3 is 19.5 Å². The van der Waals surface area contributed by atoms with Crippen LogP contribution in [0, 0.1) is 0 Å². The molecule has 0 spiro atoms. The third kappa shape index (κ3) is 5.47. The molecule has 34 heavy (non-hydrogen) atoms. The lowest BCUT2D eigenvalue weighted by Gasteiger charge is -2.36. The van der Waals surface area contributed by atoms with Gasteiger partial charge in [0.1, 0.15) is 25.6 Å². The van der Waals surface area contributed by atoms with Crippen molar-refractivity contribution in [3.05, 3.63) is 54.1 Å². The Kier molecular flexibility index (Phi) is 7.21. The number of piperazine rings is 1. The molecule has 1 aliphatic carbocycles. The predicted octanol–water partition coefficient (Wildman–Crippen LogP) is 3.04. The minimum absolute atomic E-state index is 0.109. The van der Waals surface area contributed by atoms with E-state index in [2.05, 4.69) is 27.2 Å². The molecule has 1 amide bonds. The van der Waals surface area contributed by atoms with E-state index in [0.29, 0.717) is 26.4 Å². The number of rotatable bonds is 8. The molecule has 1 N–H and O–H groups in total. The summed E-state index contributed by atoms with van der Waals surface area (Å²) in [7, 11) is 0. The van der Waals surface area contributed by atoms with E-state index in [9.17, 15) is 4.79 Å². The van der Waals surface area contributed by atoms with E-state index in [1.807, 2.05) is 36.4 Å². The highest BCUT2D eigenvalue weighted by Gasteiger charge is 2.38. The molecule has 2 aromatic rings. The van der Waals surface area contributed by atoms with Crippen LogP contribution in [0.2, 0.25) is 0 Å². The van der Waals surface area contributed by atoms with Crippen LogP contribution in [0.5, 0.6) is 17.2 Å². The predicted molar refractivity (Wildman–Crippen MR) is 131 cm³/mol. The summed E-state index contributed by atoms with van der Waals surface area (Å²) in [6.07, 6.45) is 4.18. The number of carbonyl (C=O) groups is 1. The van der Waals surface area contributed by atoms with Gasteiger partial charge in [-0.3, -0.25) is 14.6 Å². The Morgan fingerprint density at radius 2 is 1.62 bits per heavy atom. The van der Waals surface area contributed by atoms with Gasteiger partial charge in [0.05, 0.1) is 12.1 Å². The first-order valence-electron chi connectivity index (χ1n) is 12.5. The molecule has 1 saturated heterocycles. The van der Waals surface area contributed by atoms with E-state index in [-0.39, 0.29) is 11.4 Å². The van der Waals surface area contributed by atoms with Gasteiger partial charge in [-0.2, -0.15) is 0 Å². The van der Waals surface area contributed by atoms with Gasteiger partial charge in [0.25, 0.3) is 0 Å². The third-order valence-electron chi connectivity index (χ3n) is 7.18. The van der Waals surface area contributed by atoms with Crippen LogP contribution in [0.1, 0.15) is 31.2 Å². The van der Waals surface area contributed by atoms with Gasteiger partial charge in [-0.25, -0.2) is 0 Å². The summed E-state index contributed by atoms with van der Waals surface area (Å²) < 4.78 is 17.3. The van der Waals surface area contributed by atoms with Crippen molar-refractivity contribution in [3.63, 3.8) is 0 Å². The summed E-state index contributed by atoms with van der Waals surface area (Å²) in [6.45, 7) is 6.90. The van der Waals surface area contributed by atoms with E-state index in [4.69, 9.17) is 14.2 Å². The van der Waals surface area contributed by atoms with Gasteiger partial charge in [0.15, 0.2) is 11.5 Å². The summed E-state index contributed by atoms with van der Waals surface area (Å²) >= 11 is 0. The summed E-state index contributed by atoms with van der Waals surface area (Å²) in [5.74, 6) is 2.60. The standard InChI is InChI=1S/C27H35N3O4/c31-26(21-30-14-12-29(13-15-30)16-17-32-23-6-2-1-3-7-23)28-27(10-4-5-11-27)22-8-9-24-25(20-22)34-19-18-33-24/h1-3,6-9,20H,4-5,10-19,21H2,(H,28,31). The molecule has 1 saturated carbocycles. The third-order valence-corrected chi connectivity index (χ3v) is 7.18. The molecule has 2 aliphatic heterocycles. The number of amides is 1. The van der Waals surface area contributed by atoms with Crippen molar-refractivity contribution in [2.45, 2.75) is 31.2 Å². The smallest absolute Gasteiger partial charge is 0.234 e. The number of ether oxygens (including phenoxy) is 3. The molecule has 0 bridgehead atoms. The maximum Gasteiger partial charge on any atom is 0.234 e. The minimum atomic E-state index is -0.302. The second-order valence-electron chi connectivity index (χ2n) is 9.48. The molecule has 0 aromatic heterocycles. The zero-order chi connectivity index (χ0) is 23.2. The van der Waals surface area contributed by atoms with Crippen LogP contribution in [0.15, 0.2) is 48.5 Å². The average molecular weight is 466 g/mol. The number of fused-ring (bicyclic) bond motifs is 1. The van der Waals surface area contributed by atoms with Crippen molar-refractivity contribution < 1.29 is 19.0 Å². The molecule has 2 aromatic carbocycles. The monoisotopic (exact) mass is 465 g/mol. The van der Waals surface area contributed by atoms with E-state index in [0.717, 1.165) is 81.2 Å². The summed E-state index contributed by atoms with van der Waals surface area (Å²) in [5.41, 5.74) is 0.828. The quantitative estimate of drug-likeness (QED) is 0.647. The number of nitrogens with zero attached hydrogens (tertiary/aromatic N) is 2. The van der Waals surface area contributed by atoms with Crippen LogP contribution in [0.25, 0.3) is 0 Å². The lowest BCUT2D eigenvalue weighted by atomic mass is 9.87. The van der Waals surface area contributed by atoms with Crippen LogP contribution >= 0.6 is 0 Å². The molecule has 5 rings (SSSR count). The Balaban J connectivity index is 1.10. The number of hydrogen-bond donors (Lipinski definition) is 1. The number of para-hydroxylation sites is 1. The molecule has 7 heteroatoms. The number of benzene rings is 2. The van der Waals surface area contributed by atoms with Crippen molar-refractivity contribution in [1.82, 2.24) is 15.1 Å². The van der Waals surface area contributed by atoms with E-state index in [1.165, 1.54) is 0 Å². The highest BCUT2D eigenvalue weighted by atomic mass is 16.6. The minimum Gasteiger partial charge on any atom is -0.492 e. The van der Waals surface area contributed by atoms with E-state index in [1.54, 1.807) is 0 Å². The molecule has 0 radical (unpaired) electrons. The number of hydrogen-bond acceptors (Lipinski definition) is 6. The molecule has 0 unspecified atom stereocenters. The maximum absolute atomic E-state index is 13.1. The maximum atomic E-state index is 13.1. The fourth-order valence-electron chi connectivity index (χ4n) is 5.30. The van der Waals surface area contributed by atoms with Gasteiger partial charge in [0, 0.05) is 32.7 Å². The number of nitrogens with one attached hydrogen (secondary N) is 1. The molecule has 7 nitrogen and oxygen atoms in total. The van der Waals surface area contributed by atoms with Gasteiger partial charge in [-0.15, -0.1) is 0 Å². The topological polar surface area (TPSA) is 63.3 Å². The Bertz CT molecular complexity index is 954. The van der Waals surface area contributed by atoms with Gasteiger partial charge in [-0.05, 0) is 42.7 Å². The summed E-state index contributed by atoms with van der Waals surface area (Å²) in [4.78, 5) is 17.8. The molecular weight excluding hydrogens is 430 g/mol. The lowest BCUT2D eigenvalue weighted by Crippen LogP contribution is -2.52. The fourth-order valence-corrected chi connectivity index (χ4v) is 5.30. The van der Waals surface area contributed by atoms with Crippen LogP contribution in [-0.4, -0.2) is 74.8 Å². The van der Waals surface area contributed by atoms with Gasteiger partial charge in [0.2, 0.25) is 5.91 Å². The Morgan fingerprint density at radius 1 is 0.912 bits per heavy atom. The highest BCUT2D eigenvalue weighted by molar-refractivity contribution is 5.79. The molecule has 0 atom stereocenters. The molecule has 3 aliphatic rings. The summed E-state index contributed by atoms with van der Waals surface area (Å²) in [5, 5.41) is 3.42. The van der Waals surface area contributed by atoms with Crippen LogP contribution in [-0.2, 0) is 10.3 Å². The molecule has 2 fully saturated rings. The largest absolute Gasteiger partial charge is 0.492 e. The van der Waals surface area contributed by atoms with Crippen molar-refractivity contribution in [2.75, 3.05) is 59.1 Å². The zero-order valence-corrected chi connectivity index (χ0v) is 19.8. The Hall–Kier alpha value is -2.77. The molecule has 182 valence electrons. The second kappa shape index (κ2) is 10.7. The van der Waals surface area contributed by atoms with Crippen LogP contribution < -0.4 is 19.5 Å². The van der Waals surface area contributed by atoms with Crippen LogP contribution in [0.4, 0.5) is 0 Å². The SMILES string of the molecule is O=C(CN1CCN(CCOc2ccccc2)CC1)NC1(c2ccc3c(c2)OCCO3)CCCC1. The molecule has 2 heterocycles. The second-order valence-corrected chi connectivity index (χ2v) is 9.48. The van der Waals surface area contributed by atoms with Crippen molar-refractivity contribution in [2.24, 2.45) is 0 Å². The Labute approximate surface area is 202 Å². The normalized spacial score (nSPS) is 20.1. The van der Waals surface area contributed by atoms with Crippen molar-refractivity contribution >= 4 is 5.91 Å². The summed E-state index contributed by atoms with van der Waals surface area (Å²) in [6, 6.07) is 16.1. The first-order valence-corrected chi connectivity index (χ1v) is 12.5. The van der Waals surface area contributed by atoms with Gasteiger partial charge >= 0.3 is 0 Å². The van der Waals surface area contributed by atoms with Crippen LogP contribution in [0.3, 0.4) is 0 Å². The highest BCUT2D eigenvalue weighted by Crippen LogP contribution is 2.42. The zero-order valence-electron chi connectivity index (χ0n) is 19.8. The van der Waals surface area contributed by atoms with Crippen molar-refractivity contribution in [1.29, 1.82) is 0 Å². The van der Waals surface area contributed by atoms with Crippen molar-refractivity contribution in [3.8, 4) is 17.2 Å². The first kappa shape index (κ1) is 23.0. The first-order chi connectivity index (χ1) is 16.7. The molecular formula is C27H35N3O4. The fraction of sp³-hybridized carbons (Fsp3) is 0.519. The Morgan fingerprint density at radius 3 is 2.38 bits per heavy atom. The average Bonchev–Trinajstić information content (AvgIpc) is 3.35. The van der Waals surface area contributed by atoms with E-state index >= 15 is 0 Å².